The Morgan fingerprint density at radius 3 is 2.80 bits per heavy atom. The summed E-state index contributed by atoms with van der Waals surface area (Å²) < 4.78 is 2.52. The van der Waals surface area contributed by atoms with Gasteiger partial charge >= 0.3 is 0 Å². The van der Waals surface area contributed by atoms with E-state index in [4.69, 9.17) is 0 Å². The third-order valence-electron chi connectivity index (χ3n) is 4.04. The molecule has 4 nitrogen and oxygen atoms in total. The number of hydrogen-bond donors (Lipinski definition) is 0. The number of likely N-dealkylation sites (tertiary alicyclic amines) is 1. The second kappa shape index (κ2) is 5.66. The highest BCUT2D eigenvalue weighted by Crippen LogP contribution is 2.20. The van der Waals surface area contributed by atoms with E-state index in [1.807, 2.05) is 11.4 Å². The fraction of sp³-hybridized carbons (Fsp3) is 0.600. The van der Waals surface area contributed by atoms with Crippen LogP contribution in [-0.4, -0.2) is 34.1 Å². The van der Waals surface area contributed by atoms with Gasteiger partial charge in [-0.25, -0.2) is 4.98 Å². The second-order valence-electron chi connectivity index (χ2n) is 6.08. The fourth-order valence-electron chi connectivity index (χ4n) is 3.26. The Morgan fingerprint density at radius 2 is 2.05 bits per heavy atom. The van der Waals surface area contributed by atoms with E-state index in [1.54, 1.807) is 10.9 Å². The lowest BCUT2D eigenvalue weighted by molar-refractivity contribution is 0.136. The number of nitrogens with zero attached hydrogens (tertiary/aromatic N) is 3. The first-order valence-corrected chi connectivity index (χ1v) is 8.16. The Kier molecular flexibility index (Phi) is 3.89. The van der Waals surface area contributed by atoms with Crippen molar-refractivity contribution in [3.8, 4) is 0 Å². The van der Waals surface area contributed by atoms with Crippen molar-refractivity contribution in [2.45, 2.75) is 26.8 Å². The standard InChI is InChI=1S/C15H21N3OS/c1-11-7-12(2)9-17(8-11)4-5-18-10-16-13-3-6-20-14(13)15(18)19/h3,6,10-12H,4-5,7-9H2,1-2H3/t11-,12-/m0/s1. The summed E-state index contributed by atoms with van der Waals surface area (Å²) in [5.74, 6) is 1.52. The number of piperidine rings is 1. The van der Waals surface area contributed by atoms with Gasteiger partial charge in [0.15, 0.2) is 0 Å². The smallest absolute Gasteiger partial charge is 0.271 e. The molecule has 1 aliphatic rings. The van der Waals surface area contributed by atoms with E-state index < -0.39 is 0 Å². The van der Waals surface area contributed by atoms with Crippen molar-refractivity contribution in [1.29, 1.82) is 0 Å². The molecule has 0 saturated carbocycles. The first kappa shape index (κ1) is 13.8. The zero-order chi connectivity index (χ0) is 14.1. The lowest BCUT2D eigenvalue weighted by Gasteiger charge is -2.34. The van der Waals surface area contributed by atoms with Gasteiger partial charge in [-0.2, -0.15) is 0 Å². The molecule has 0 amide bonds. The monoisotopic (exact) mass is 291 g/mol. The molecule has 3 heterocycles. The molecule has 0 aromatic carbocycles. The van der Waals surface area contributed by atoms with Crippen LogP contribution in [0.25, 0.3) is 10.2 Å². The van der Waals surface area contributed by atoms with Crippen molar-refractivity contribution in [3.05, 3.63) is 28.1 Å². The van der Waals surface area contributed by atoms with Gasteiger partial charge in [0.05, 0.1) is 11.8 Å². The normalized spacial score (nSPS) is 24.3. The number of thiophene rings is 1. The maximum Gasteiger partial charge on any atom is 0.271 e. The third-order valence-corrected chi connectivity index (χ3v) is 4.93. The van der Waals surface area contributed by atoms with Crippen molar-refractivity contribution >= 4 is 21.6 Å². The van der Waals surface area contributed by atoms with E-state index >= 15 is 0 Å². The molecule has 3 rings (SSSR count). The van der Waals surface area contributed by atoms with E-state index in [0.29, 0.717) is 0 Å². The molecule has 1 aliphatic heterocycles. The van der Waals surface area contributed by atoms with Crippen LogP contribution in [0, 0.1) is 11.8 Å². The first-order valence-electron chi connectivity index (χ1n) is 7.28. The molecule has 108 valence electrons. The summed E-state index contributed by atoms with van der Waals surface area (Å²) in [6.45, 7) is 8.59. The molecule has 0 spiro atoms. The Bertz CT molecular complexity index is 638. The summed E-state index contributed by atoms with van der Waals surface area (Å²) in [7, 11) is 0. The molecule has 2 aromatic heterocycles. The minimum absolute atomic E-state index is 0.100. The fourth-order valence-corrected chi connectivity index (χ4v) is 4.05. The topological polar surface area (TPSA) is 38.1 Å². The number of hydrogen-bond acceptors (Lipinski definition) is 4. The summed E-state index contributed by atoms with van der Waals surface area (Å²) in [5, 5.41) is 1.93. The van der Waals surface area contributed by atoms with Gasteiger partial charge in [0.2, 0.25) is 0 Å². The highest BCUT2D eigenvalue weighted by Gasteiger charge is 2.21. The number of aromatic nitrogens is 2. The van der Waals surface area contributed by atoms with Crippen LogP contribution in [0.1, 0.15) is 20.3 Å². The van der Waals surface area contributed by atoms with Gasteiger partial charge in [-0.3, -0.25) is 9.36 Å². The molecular weight excluding hydrogens is 270 g/mol. The van der Waals surface area contributed by atoms with Crippen LogP contribution < -0.4 is 5.56 Å². The van der Waals surface area contributed by atoms with E-state index in [9.17, 15) is 4.79 Å². The lowest BCUT2D eigenvalue weighted by atomic mass is 9.92. The zero-order valence-corrected chi connectivity index (χ0v) is 12.9. The van der Waals surface area contributed by atoms with Crippen molar-refractivity contribution in [2.24, 2.45) is 11.8 Å². The maximum atomic E-state index is 12.3. The van der Waals surface area contributed by atoms with Gasteiger partial charge in [-0.15, -0.1) is 11.3 Å². The van der Waals surface area contributed by atoms with E-state index in [0.717, 1.165) is 48.2 Å². The van der Waals surface area contributed by atoms with Gasteiger partial charge in [0, 0.05) is 26.2 Å². The van der Waals surface area contributed by atoms with Crippen molar-refractivity contribution in [3.63, 3.8) is 0 Å². The largest absolute Gasteiger partial charge is 0.301 e. The molecule has 2 aromatic rings. The van der Waals surface area contributed by atoms with Crippen LogP contribution in [0.15, 0.2) is 22.6 Å². The molecule has 20 heavy (non-hydrogen) atoms. The van der Waals surface area contributed by atoms with Gasteiger partial charge in [0.25, 0.3) is 5.56 Å². The Balaban J connectivity index is 1.70. The van der Waals surface area contributed by atoms with Crippen molar-refractivity contribution in [2.75, 3.05) is 19.6 Å². The Hall–Kier alpha value is -1.20. The summed E-state index contributed by atoms with van der Waals surface area (Å²) in [4.78, 5) is 19.1. The van der Waals surface area contributed by atoms with E-state index in [2.05, 4.69) is 23.7 Å². The van der Waals surface area contributed by atoms with Gasteiger partial charge in [-0.1, -0.05) is 13.8 Å². The van der Waals surface area contributed by atoms with Crippen LogP contribution in [0.2, 0.25) is 0 Å². The summed E-state index contributed by atoms with van der Waals surface area (Å²) in [6.07, 6.45) is 3.01. The van der Waals surface area contributed by atoms with Gasteiger partial charge in [-0.05, 0) is 29.7 Å². The molecular formula is C15H21N3OS. The van der Waals surface area contributed by atoms with Crippen LogP contribution in [-0.2, 0) is 6.54 Å². The van der Waals surface area contributed by atoms with Crippen molar-refractivity contribution < 1.29 is 0 Å². The number of fused-ring (bicyclic) bond motifs is 1. The molecule has 1 saturated heterocycles. The Labute approximate surface area is 123 Å². The van der Waals surface area contributed by atoms with Crippen LogP contribution >= 0.6 is 11.3 Å². The molecule has 5 heteroatoms. The number of rotatable bonds is 3. The lowest BCUT2D eigenvalue weighted by Crippen LogP contribution is -2.41. The van der Waals surface area contributed by atoms with Gasteiger partial charge < -0.3 is 4.90 Å². The molecule has 2 atom stereocenters. The predicted molar refractivity (Wildman–Crippen MR) is 83.3 cm³/mol. The molecule has 1 fully saturated rings. The highest BCUT2D eigenvalue weighted by atomic mass is 32.1. The van der Waals surface area contributed by atoms with Gasteiger partial charge in [0.1, 0.15) is 4.70 Å². The Morgan fingerprint density at radius 1 is 1.30 bits per heavy atom. The quantitative estimate of drug-likeness (QED) is 0.872. The minimum atomic E-state index is 0.100. The van der Waals surface area contributed by atoms with Crippen molar-refractivity contribution in [1.82, 2.24) is 14.5 Å². The minimum Gasteiger partial charge on any atom is -0.301 e. The molecule has 0 unspecified atom stereocenters. The zero-order valence-electron chi connectivity index (χ0n) is 12.1. The summed E-state index contributed by atoms with van der Waals surface area (Å²) in [5.41, 5.74) is 0.916. The second-order valence-corrected chi connectivity index (χ2v) is 7.00. The molecule has 0 N–H and O–H groups in total. The molecule has 0 radical (unpaired) electrons. The molecule has 0 aliphatic carbocycles. The predicted octanol–water partition coefficient (Wildman–Crippen LogP) is 2.44. The third kappa shape index (κ3) is 2.79. The SMILES string of the molecule is C[C@H]1C[C@H](C)CN(CCn2cnc3ccsc3c2=O)C1. The van der Waals surface area contributed by atoms with Crippen LogP contribution in [0.4, 0.5) is 0 Å². The summed E-state index contributed by atoms with van der Waals surface area (Å²) in [6, 6.07) is 1.90. The first-order chi connectivity index (χ1) is 9.63. The summed E-state index contributed by atoms with van der Waals surface area (Å²) >= 11 is 1.48. The van der Waals surface area contributed by atoms with E-state index in [-0.39, 0.29) is 5.56 Å². The van der Waals surface area contributed by atoms with E-state index in [1.165, 1.54) is 17.8 Å². The molecule has 0 bridgehead atoms. The average molecular weight is 291 g/mol. The average Bonchev–Trinajstić information content (AvgIpc) is 2.86. The van der Waals surface area contributed by atoms with Crippen LogP contribution in [0.3, 0.4) is 0 Å². The highest BCUT2D eigenvalue weighted by molar-refractivity contribution is 7.17. The van der Waals surface area contributed by atoms with Crippen LogP contribution in [0.5, 0.6) is 0 Å². The maximum absolute atomic E-state index is 12.3.